The van der Waals surface area contributed by atoms with E-state index in [4.69, 9.17) is 5.11 Å². The van der Waals surface area contributed by atoms with E-state index in [9.17, 15) is 4.79 Å². The number of aromatic nitrogens is 1. The average molecular weight is 175 g/mol. The Morgan fingerprint density at radius 1 is 1.46 bits per heavy atom. The molecule has 0 aliphatic carbocycles. The minimum atomic E-state index is -1.02. The number of pyridine rings is 1. The molecule has 1 N–H and O–H groups in total. The molecule has 66 valence electrons. The van der Waals surface area contributed by atoms with Crippen LogP contribution in [0.4, 0.5) is 0 Å². The van der Waals surface area contributed by atoms with Gasteiger partial charge in [0.05, 0.1) is 11.3 Å². The fraction of sp³-hybridized carbons (Fsp3) is 0. The zero-order valence-corrected chi connectivity index (χ0v) is 7.03. The van der Waals surface area contributed by atoms with Crippen LogP contribution in [-0.4, -0.2) is 16.1 Å². The van der Waals surface area contributed by atoms with Crippen LogP contribution in [0.3, 0.4) is 0 Å². The Hall–Kier alpha value is -1.90. The maximum Gasteiger partial charge on any atom is 0.338 e. The average Bonchev–Trinajstić information content (AvgIpc) is 2.16. The maximum absolute atomic E-state index is 10.8. The Bertz CT molecular complexity index is 343. The molecule has 0 atom stereocenters. The van der Waals surface area contributed by atoms with E-state index >= 15 is 0 Å². The molecule has 1 heterocycles. The molecule has 0 aliphatic rings. The van der Waals surface area contributed by atoms with Crippen molar-refractivity contribution in [3.05, 3.63) is 42.2 Å². The lowest BCUT2D eigenvalue weighted by Gasteiger charge is -2.03. The van der Waals surface area contributed by atoms with Crippen LogP contribution in [0, 0.1) is 0 Å². The van der Waals surface area contributed by atoms with Crippen molar-refractivity contribution in [1.29, 1.82) is 0 Å². The summed E-state index contributed by atoms with van der Waals surface area (Å²) in [6.07, 6.45) is 4.43. The van der Waals surface area contributed by atoms with Crippen molar-refractivity contribution < 1.29 is 9.90 Å². The van der Waals surface area contributed by atoms with Crippen LogP contribution in [0.15, 0.2) is 25.4 Å². The topological polar surface area (TPSA) is 50.2 Å². The SMILES string of the molecule is C=Cc1ccnc(C=C)c1C(=O)O. The normalized spacial score (nSPS) is 9.23. The Balaban J connectivity index is 3.46. The third-order valence-corrected chi connectivity index (χ3v) is 1.64. The Morgan fingerprint density at radius 2 is 2.15 bits per heavy atom. The highest BCUT2D eigenvalue weighted by Crippen LogP contribution is 2.14. The maximum atomic E-state index is 10.8. The molecule has 0 amide bonds. The molecule has 1 rings (SSSR count). The molecule has 0 aromatic carbocycles. The quantitative estimate of drug-likeness (QED) is 0.765. The first-order valence-corrected chi connectivity index (χ1v) is 3.68. The fourth-order valence-corrected chi connectivity index (χ4v) is 1.05. The highest BCUT2D eigenvalue weighted by atomic mass is 16.4. The van der Waals surface area contributed by atoms with Crippen LogP contribution in [0.5, 0.6) is 0 Å². The van der Waals surface area contributed by atoms with E-state index in [0.29, 0.717) is 11.3 Å². The van der Waals surface area contributed by atoms with Gasteiger partial charge < -0.3 is 5.11 Å². The summed E-state index contributed by atoms with van der Waals surface area (Å²) in [6, 6.07) is 1.60. The zero-order valence-electron chi connectivity index (χ0n) is 7.03. The van der Waals surface area contributed by atoms with Crippen LogP contribution >= 0.6 is 0 Å². The number of nitrogens with zero attached hydrogens (tertiary/aromatic N) is 1. The van der Waals surface area contributed by atoms with Gasteiger partial charge in [0.2, 0.25) is 0 Å². The smallest absolute Gasteiger partial charge is 0.338 e. The molecule has 0 bridgehead atoms. The number of carboxylic acid groups (broad SMARTS) is 1. The monoisotopic (exact) mass is 175 g/mol. The van der Waals surface area contributed by atoms with Gasteiger partial charge in [-0.15, -0.1) is 0 Å². The van der Waals surface area contributed by atoms with Crippen LogP contribution < -0.4 is 0 Å². The van der Waals surface area contributed by atoms with Crippen LogP contribution in [0.2, 0.25) is 0 Å². The molecule has 0 radical (unpaired) electrons. The number of hydrogen-bond donors (Lipinski definition) is 1. The summed E-state index contributed by atoms with van der Waals surface area (Å²) in [6.45, 7) is 7.01. The lowest BCUT2D eigenvalue weighted by Crippen LogP contribution is -2.04. The first kappa shape index (κ1) is 9.19. The van der Waals surface area contributed by atoms with E-state index in [2.05, 4.69) is 18.1 Å². The summed E-state index contributed by atoms with van der Waals surface area (Å²) >= 11 is 0. The number of carboxylic acids is 1. The lowest BCUT2D eigenvalue weighted by molar-refractivity contribution is 0.0696. The van der Waals surface area contributed by atoms with E-state index < -0.39 is 5.97 Å². The van der Waals surface area contributed by atoms with Crippen molar-refractivity contribution >= 4 is 18.1 Å². The van der Waals surface area contributed by atoms with E-state index in [0.717, 1.165) is 0 Å². The van der Waals surface area contributed by atoms with Gasteiger partial charge in [-0.2, -0.15) is 0 Å². The molecular formula is C10H9NO2. The molecule has 0 fully saturated rings. The summed E-state index contributed by atoms with van der Waals surface area (Å²) < 4.78 is 0. The van der Waals surface area contributed by atoms with E-state index in [-0.39, 0.29) is 5.56 Å². The molecular weight excluding hydrogens is 166 g/mol. The third kappa shape index (κ3) is 1.64. The molecule has 0 saturated carbocycles. The summed E-state index contributed by atoms with van der Waals surface area (Å²) in [5, 5.41) is 8.87. The predicted octanol–water partition coefficient (Wildman–Crippen LogP) is 2.07. The highest BCUT2D eigenvalue weighted by molar-refractivity contribution is 5.95. The van der Waals surface area contributed by atoms with Crippen molar-refractivity contribution in [2.24, 2.45) is 0 Å². The minimum absolute atomic E-state index is 0.146. The van der Waals surface area contributed by atoms with Gasteiger partial charge in [-0.3, -0.25) is 4.98 Å². The van der Waals surface area contributed by atoms with Crippen LogP contribution in [0.25, 0.3) is 12.2 Å². The molecule has 3 nitrogen and oxygen atoms in total. The third-order valence-electron chi connectivity index (χ3n) is 1.64. The predicted molar refractivity (Wildman–Crippen MR) is 51.4 cm³/mol. The van der Waals surface area contributed by atoms with Gasteiger partial charge in [-0.1, -0.05) is 19.2 Å². The number of carbonyl (C=O) groups is 1. The van der Waals surface area contributed by atoms with Gasteiger partial charge in [-0.25, -0.2) is 4.79 Å². The van der Waals surface area contributed by atoms with E-state index in [1.165, 1.54) is 18.3 Å². The second-order valence-electron chi connectivity index (χ2n) is 2.37. The number of rotatable bonds is 3. The van der Waals surface area contributed by atoms with Gasteiger partial charge in [0.25, 0.3) is 0 Å². The van der Waals surface area contributed by atoms with Crippen LogP contribution in [0.1, 0.15) is 21.6 Å². The Kier molecular flexibility index (Phi) is 2.59. The van der Waals surface area contributed by atoms with Crippen molar-refractivity contribution in [1.82, 2.24) is 4.98 Å². The molecule has 0 aliphatic heterocycles. The van der Waals surface area contributed by atoms with Gasteiger partial charge in [0.15, 0.2) is 0 Å². The van der Waals surface area contributed by atoms with Gasteiger partial charge in [0.1, 0.15) is 0 Å². The number of aromatic carboxylic acids is 1. The second kappa shape index (κ2) is 3.67. The summed E-state index contributed by atoms with van der Waals surface area (Å²) in [5.74, 6) is -1.02. The molecule has 3 heteroatoms. The standard InChI is InChI=1S/C10H9NO2/c1-3-7-5-6-11-8(4-2)9(7)10(12)13/h3-6H,1-2H2,(H,12,13). The van der Waals surface area contributed by atoms with Crippen molar-refractivity contribution in [3.8, 4) is 0 Å². The highest BCUT2D eigenvalue weighted by Gasteiger charge is 2.12. The zero-order chi connectivity index (χ0) is 9.84. The summed E-state index contributed by atoms with van der Waals surface area (Å²) in [5.41, 5.74) is 1.06. The largest absolute Gasteiger partial charge is 0.478 e. The molecule has 1 aromatic heterocycles. The Morgan fingerprint density at radius 3 is 2.62 bits per heavy atom. The molecule has 0 saturated heterocycles. The van der Waals surface area contributed by atoms with Crippen molar-refractivity contribution in [2.45, 2.75) is 0 Å². The molecule has 1 aromatic rings. The molecule has 13 heavy (non-hydrogen) atoms. The second-order valence-corrected chi connectivity index (χ2v) is 2.37. The summed E-state index contributed by atoms with van der Waals surface area (Å²) in [4.78, 5) is 14.7. The van der Waals surface area contributed by atoms with Crippen molar-refractivity contribution in [3.63, 3.8) is 0 Å². The van der Waals surface area contributed by atoms with E-state index in [1.54, 1.807) is 6.07 Å². The fourth-order valence-electron chi connectivity index (χ4n) is 1.05. The van der Waals surface area contributed by atoms with Gasteiger partial charge in [0, 0.05) is 6.20 Å². The van der Waals surface area contributed by atoms with Gasteiger partial charge >= 0.3 is 5.97 Å². The van der Waals surface area contributed by atoms with Crippen molar-refractivity contribution in [2.75, 3.05) is 0 Å². The lowest BCUT2D eigenvalue weighted by atomic mass is 10.1. The molecule has 0 spiro atoms. The first-order chi connectivity index (χ1) is 6.20. The van der Waals surface area contributed by atoms with Gasteiger partial charge in [-0.05, 0) is 17.7 Å². The molecule has 0 unspecified atom stereocenters. The first-order valence-electron chi connectivity index (χ1n) is 3.68. The summed E-state index contributed by atoms with van der Waals surface area (Å²) in [7, 11) is 0. The van der Waals surface area contributed by atoms with E-state index in [1.807, 2.05) is 0 Å². The number of hydrogen-bond acceptors (Lipinski definition) is 2. The minimum Gasteiger partial charge on any atom is -0.478 e. The Labute approximate surface area is 76.1 Å². The van der Waals surface area contributed by atoms with Crippen LogP contribution in [-0.2, 0) is 0 Å².